The van der Waals surface area contributed by atoms with E-state index < -0.39 is 9.84 Å². The second kappa shape index (κ2) is 8.26. The van der Waals surface area contributed by atoms with Crippen molar-refractivity contribution in [2.24, 2.45) is 4.99 Å². The van der Waals surface area contributed by atoms with E-state index in [-0.39, 0.29) is 29.2 Å². The number of rotatable bonds is 5. The Morgan fingerprint density at radius 1 is 1.30 bits per heavy atom. The third kappa shape index (κ3) is 5.33. The largest absolute Gasteiger partial charge is 0.459 e. The van der Waals surface area contributed by atoms with Crippen molar-refractivity contribution in [1.82, 2.24) is 10.6 Å². The molecule has 1 amide bonds. The highest BCUT2D eigenvalue weighted by Gasteiger charge is 2.28. The molecule has 0 bridgehead atoms. The van der Waals surface area contributed by atoms with Crippen LogP contribution in [0.2, 0.25) is 0 Å². The molecule has 0 radical (unpaired) electrons. The van der Waals surface area contributed by atoms with Crippen LogP contribution in [-0.2, 0) is 16.4 Å². The van der Waals surface area contributed by atoms with Gasteiger partial charge in [-0.3, -0.25) is 9.79 Å². The second-order valence-corrected chi connectivity index (χ2v) is 8.53. The fraction of sp³-hybridized carbons (Fsp3) is 0.333. The van der Waals surface area contributed by atoms with Crippen molar-refractivity contribution in [2.75, 3.05) is 23.9 Å². The minimum atomic E-state index is -2.95. The number of carbonyl (C=O) groups excluding carboxylic acids is 1. The summed E-state index contributed by atoms with van der Waals surface area (Å²) in [6.45, 7) is 0.476. The molecule has 1 fully saturated rings. The lowest BCUT2D eigenvalue weighted by atomic mass is 10.2. The molecule has 0 aliphatic carbocycles. The summed E-state index contributed by atoms with van der Waals surface area (Å²) in [5.74, 6) is 0.808. The maximum atomic E-state index is 12.0. The van der Waals surface area contributed by atoms with Crippen molar-refractivity contribution in [2.45, 2.75) is 19.0 Å². The lowest BCUT2D eigenvalue weighted by molar-refractivity contribution is 0.0996. The van der Waals surface area contributed by atoms with Crippen LogP contribution < -0.4 is 16.0 Å². The Labute approximate surface area is 158 Å². The number of carbonyl (C=O) groups is 1. The minimum Gasteiger partial charge on any atom is -0.459 e. The fourth-order valence-electron chi connectivity index (χ4n) is 2.84. The molecule has 144 valence electrons. The second-order valence-electron chi connectivity index (χ2n) is 6.30. The Balaban J connectivity index is 1.55. The molecule has 1 saturated heterocycles. The average molecular weight is 390 g/mol. The number of hydrogen-bond donors (Lipinski definition) is 3. The topological polar surface area (TPSA) is 113 Å². The molecule has 1 unspecified atom stereocenters. The molecule has 0 spiro atoms. The summed E-state index contributed by atoms with van der Waals surface area (Å²) in [5, 5.41) is 9.08. The number of nitrogens with zero attached hydrogens (tertiary/aromatic N) is 1. The molecule has 1 aromatic carbocycles. The fourth-order valence-corrected chi connectivity index (χ4v) is 4.52. The van der Waals surface area contributed by atoms with Crippen LogP contribution in [0.3, 0.4) is 0 Å². The number of furan rings is 1. The number of benzene rings is 1. The number of amides is 1. The van der Waals surface area contributed by atoms with Crippen LogP contribution in [0.15, 0.2) is 52.1 Å². The van der Waals surface area contributed by atoms with Crippen LogP contribution in [0.25, 0.3) is 0 Å². The molecular weight excluding hydrogens is 368 g/mol. The van der Waals surface area contributed by atoms with Gasteiger partial charge in [0.2, 0.25) is 0 Å². The Morgan fingerprint density at radius 3 is 2.81 bits per heavy atom. The molecule has 3 N–H and O–H groups in total. The van der Waals surface area contributed by atoms with E-state index in [0.717, 1.165) is 5.56 Å². The van der Waals surface area contributed by atoms with Crippen LogP contribution in [0.1, 0.15) is 22.5 Å². The van der Waals surface area contributed by atoms with E-state index in [1.165, 1.54) is 6.26 Å². The van der Waals surface area contributed by atoms with E-state index in [1.807, 2.05) is 18.2 Å². The number of guanidine groups is 1. The number of anilines is 1. The molecule has 1 aromatic heterocycles. The number of nitrogens with one attached hydrogen (secondary N) is 3. The molecule has 0 saturated carbocycles. The van der Waals surface area contributed by atoms with E-state index in [2.05, 4.69) is 20.9 Å². The third-order valence-corrected chi connectivity index (χ3v) is 5.95. The first kappa shape index (κ1) is 19.0. The lowest BCUT2D eigenvalue weighted by Gasteiger charge is -2.16. The minimum absolute atomic E-state index is 0.125. The summed E-state index contributed by atoms with van der Waals surface area (Å²) >= 11 is 0. The van der Waals surface area contributed by atoms with Gasteiger partial charge in [0, 0.05) is 25.3 Å². The van der Waals surface area contributed by atoms with Gasteiger partial charge in [0.25, 0.3) is 5.91 Å². The zero-order valence-electron chi connectivity index (χ0n) is 14.9. The van der Waals surface area contributed by atoms with E-state index >= 15 is 0 Å². The van der Waals surface area contributed by atoms with Crippen molar-refractivity contribution in [3.8, 4) is 0 Å². The highest BCUT2D eigenvalue weighted by molar-refractivity contribution is 7.91. The molecule has 2 heterocycles. The Hall–Kier alpha value is -2.81. The molecule has 3 rings (SSSR count). The van der Waals surface area contributed by atoms with Crippen molar-refractivity contribution >= 4 is 27.4 Å². The monoisotopic (exact) mass is 390 g/mol. The summed E-state index contributed by atoms with van der Waals surface area (Å²) in [5.41, 5.74) is 1.59. The number of sulfone groups is 1. The Kier molecular flexibility index (Phi) is 5.80. The normalized spacial score (nSPS) is 18.9. The molecule has 8 nitrogen and oxygen atoms in total. The van der Waals surface area contributed by atoms with Crippen LogP contribution in [-0.4, -0.2) is 44.9 Å². The zero-order chi connectivity index (χ0) is 19.3. The van der Waals surface area contributed by atoms with Crippen LogP contribution in [0, 0.1) is 0 Å². The van der Waals surface area contributed by atoms with E-state index in [1.54, 1.807) is 25.2 Å². The maximum Gasteiger partial charge on any atom is 0.291 e. The molecule has 1 aliphatic heterocycles. The van der Waals surface area contributed by atoms with Crippen LogP contribution >= 0.6 is 0 Å². The van der Waals surface area contributed by atoms with E-state index in [4.69, 9.17) is 4.42 Å². The molecular formula is C18H22N4O4S. The van der Waals surface area contributed by atoms with E-state index in [0.29, 0.717) is 24.6 Å². The summed E-state index contributed by atoms with van der Waals surface area (Å²) < 4.78 is 28.2. The average Bonchev–Trinajstić information content (AvgIpc) is 3.28. The summed E-state index contributed by atoms with van der Waals surface area (Å²) in [6, 6.07) is 10.5. The van der Waals surface area contributed by atoms with Gasteiger partial charge >= 0.3 is 0 Å². The van der Waals surface area contributed by atoms with Gasteiger partial charge in [-0.2, -0.15) is 0 Å². The first-order valence-electron chi connectivity index (χ1n) is 8.56. The predicted molar refractivity (Wildman–Crippen MR) is 103 cm³/mol. The van der Waals surface area contributed by atoms with Gasteiger partial charge in [-0.15, -0.1) is 0 Å². The standard InChI is InChI=1S/C18H22N4O4S/c1-19-18(22-15-7-9-27(24,25)12-15)20-11-13-4-2-5-14(10-13)21-17(23)16-6-3-8-26-16/h2-6,8,10,15H,7,9,11-12H2,1H3,(H,21,23)(H2,19,20,22). The molecule has 9 heteroatoms. The van der Waals surface area contributed by atoms with Gasteiger partial charge < -0.3 is 20.4 Å². The molecule has 27 heavy (non-hydrogen) atoms. The first-order valence-corrected chi connectivity index (χ1v) is 10.4. The van der Waals surface area contributed by atoms with Gasteiger partial charge in [0.1, 0.15) is 0 Å². The molecule has 2 aromatic rings. The maximum absolute atomic E-state index is 12.0. The smallest absolute Gasteiger partial charge is 0.291 e. The summed E-state index contributed by atoms with van der Waals surface area (Å²) in [4.78, 5) is 16.2. The van der Waals surface area contributed by atoms with Crippen molar-refractivity contribution in [3.05, 3.63) is 54.0 Å². The SMILES string of the molecule is CN=C(NCc1cccc(NC(=O)c2ccco2)c1)NC1CCS(=O)(=O)C1. The van der Waals surface area contributed by atoms with Gasteiger partial charge in [-0.25, -0.2) is 8.42 Å². The Morgan fingerprint density at radius 2 is 2.15 bits per heavy atom. The van der Waals surface area contributed by atoms with Crippen LogP contribution in [0.5, 0.6) is 0 Å². The lowest BCUT2D eigenvalue weighted by Crippen LogP contribution is -2.43. The number of hydrogen-bond acceptors (Lipinski definition) is 5. The van der Waals surface area contributed by atoms with Gasteiger partial charge in [0.05, 0.1) is 17.8 Å². The summed E-state index contributed by atoms with van der Waals surface area (Å²) in [6.07, 6.45) is 2.03. The van der Waals surface area contributed by atoms with Crippen molar-refractivity contribution < 1.29 is 17.6 Å². The quantitative estimate of drug-likeness (QED) is 0.525. The zero-order valence-corrected chi connectivity index (χ0v) is 15.8. The van der Waals surface area contributed by atoms with Crippen LogP contribution in [0.4, 0.5) is 5.69 Å². The number of aliphatic imine (C=N–C) groups is 1. The molecule has 1 atom stereocenters. The van der Waals surface area contributed by atoms with Gasteiger partial charge in [-0.05, 0) is 36.2 Å². The molecule has 1 aliphatic rings. The van der Waals surface area contributed by atoms with Crippen molar-refractivity contribution in [1.29, 1.82) is 0 Å². The predicted octanol–water partition coefficient (Wildman–Crippen LogP) is 1.38. The third-order valence-electron chi connectivity index (χ3n) is 4.19. The van der Waals surface area contributed by atoms with Crippen molar-refractivity contribution in [3.63, 3.8) is 0 Å². The van der Waals surface area contributed by atoms with Gasteiger partial charge in [0.15, 0.2) is 21.6 Å². The highest BCUT2D eigenvalue weighted by atomic mass is 32.2. The highest BCUT2D eigenvalue weighted by Crippen LogP contribution is 2.13. The Bertz CT molecular complexity index is 923. The first-order chi connectivity index (χ1) is 12.9. The summed E-state index contributed by atoms with van der Waals surface area (Å²) in [7, 11) is -1.31. The van der Waals surface area contributed by atoms with Gasteiger partial charge in [-0.1, -0.05) is 12.1 Å². The van der Waals surface area contributed by atoms with E-state index in [9.17, 15) is 13.2 Å².